The highest BCUT2D eigenvalue weighted by atomic mass is 79.9. The molecule has 20 heavy (non-hydrogen) atoms. The standard InChI is InChI=1S/C17H26BrNO/c1-17(2,3)19-11-14-8-9-16(15(18)10-14)20-12-13-6-4-5-7-13/h8-10,13,19H,4-7,11-12H2,1-3H3. The lowest BCUT2D eigenvalue weighted by atomic mass is 10.1. The summed E-state index contributed by atoms with van der Waals surface area (Å²) in [7, 11) is 0. The Labute approximate surface area is 131 Å². The highest BCUT2D eigenvalue weighted by molar-refractivity contribution is 9.10. The maximum atomic E-state index is 5.95. The molecule has 0 atom stereocenters. The zero-order chi connectivity index (χ0) is 14.6. The molecule has 1 aromatic rings. The molecule has 1 aromatic carbocycles. The number of benzene rings is 1. The fraction of sp³-hybridized carbons (Fsp3) is 0.647. The summed E-state index contributed by atoms with van der Waals surface area (Å²) in [4.78, 5) is 0. The summed E-state index contributed by atoms with van der Waals surface area (Å²) >= 11 is 3.62. The molecule has 0 unspecified atom stereocenters. The molecule has 1 N–H and O–H groups in total. The molecular weight excluding hydrogens is 314 g/mol. The Balaban J connectivity index is 1.88. The fourth-order valence-electron chi connectivity index (χ4n) is 2.52. The van der Waals surface area contributed by atoms with Crippen LogP contribution in [0.15, 0.2) is 22.7 Å². The third kappa shape index (κ3) is 5.10. The predicted octanol–water partition coefficient (Wildman–Crippen LogP) is 4.91. The molecule has 1 aliphatic rings. The van der Waals surface area contributed by atoms with E-state index in [1.54, 1.807) is 0 Å². The van der Waals surface area contributed by atoms with Crippen molar-refractivity contribution in [3.63, 3.8) is 0 Å². The quantitative estimate of drug-likeness (QED) is 0.823. The molecule has 1 aliphatic carbocycles. The van der Waals surface area contributed by atoms with Gasteiger partial charge in [-0.2, -0.15) is 0 Å². The SMILES string of the molecule is CC(C)(C)NCc1ccc(OCC2CCCC2)c(Br)c1. The van der Waals surface area contributed by atoms with E-state index in [-0.39, 0.29) is 5.54 Å². The minimum absolute atomic E-state index is 0.143. The Hall–Kier alpha value is -0.540. The highest BCUT2D eigenvalue weighted by Crippen LogP contribution is 2.29. The average Bonchev–Trinajstić information content (AvgIpc) is 2.87. The Morgan fingerprint density at radius 1 is 1.25 bits per heavy atom. The number of hydrogen-bond acceptors (Lipinski definition) is 2. The summed E-state index contributed by atoms with van der Waals surface area (Å²) < 4.78 is 7.01. The maximum Gasteiger partial charge on any atom is 0.133 e. The van der Waals surface area contributed by atoms with E-state index < -0.39 is 0 Å². The van der Waals surface area contributed by atoms with Crippen LogP contribution in [0.25, 0.3) is 0 Å². The first kappa shape index (κ1) is 15.8. The van der Waals surface area contributed by atoms with Crippen molar-refractivity contribution in [2.75, 3.05) is 6.61 Å². The number of nitrogens with one attached hydrogen (secondary N) is 1. The van der Waals surface area contributed by atoms with Crippen molar-refractivity contribution in [3.8, 4) is 5.75 Å². The first-order valence-electron chi connectivity index (χ1n) is 7.60. The van der Waals surface area contributed by atoms with Gasteiger partial charge in [0.1, 0.15) is 5.75 Å². The van der Waals surface area contributed by atoms with Crippen molar-refractivity contribution in [1.29, 1.82) is 0 Å². The number of hydrogen-bond donors (Lipinski definition) is 1. The monoisotopic (exact) mass is 339 g/mol. The van der Waals surface area contributed by atoms with Crippen molar-refractivity contribution in [1.82, 2.24) is 5.32 Å². The second kappa shape index (κ2) is 6.95. The first-order valence-corrected chi connectivity index (χ1v) is 8.39. The summed E-state index contributed by atoms with van der Waals surface area (Å²) in [6.45, 7) is 8.28. The van der Waals surface area contributed by atoms with Crippen LogP contribution in [0.4, 0.5) is 0 Å². The van der Waals surface area contributed by atoms with Gasteiger partial charge in [-0.05, 0) is 73.2 Å². The zero-order valence-corrected chi connectivity index (χ0v) is 14.4. The van der Waals surface area contributed by atoms with Crippen molar-refractivity contribution >= 4 is 15.9 Å². The van der Waals surface area contributed by atoms with E-state index in [2.05, 4.69) is 60.2 Å². The van der Waals surface area contributed by atoms with E-state index in [0.717, 1.165) is 29.3 Å². The maximum absolute atomic E-state index is 5.95. The van der Waals surface area contributed by atoms with E-state index in [0.29, 0.717) is 0 Å². The Morgan fingerprint density at radius 2 is 1.95 bits per heavy atom. The van der Waals surface area contributed by atoms with E-state index in [1.807, 2.05) is 0 Å². The molecule has 0 radical (unpaired) electrons. The first-order chi connectivity index (χ1) is 9.44. The van der Waals surface area contributed by atoms with Crippen LogP contribution in [0.5, 0.6) is 5.75 Å². The van der Waals surface area contributed by atoms with Gasteiger partial charge in [0.2, 0.25) is 0 Å². The van der Waals surface area contributed by atoms with Gasteiger partial charge in [-0.15, -0.1) is 0 Å². The van der Waals surface area contributed by atoms with Crippen molar-refractivity contribution in [2.24, 2.45) is 5.92 Å². The zero-order valence-electron chi connectivity index (χ0n) is 12.8. The van der Waals surface area contributed by atoms with Crippen molar-refractivity contribution in [2.45, 2.75) is 58.5 Å². The summed E-state index contributed by atoms with van der Waals surface area (Å²) in [5.74, 6) is 1.72. The molecule has 1 saturated carbocycles. The molecule has 0 aromatic heterocycles. The van der Waals surface area contributed by atoms with Gasteiger partial charge in [-0.3, -0.25) is 0 Å². The van der Waals surface area contributed by atoms with Crippen LogP contribution in [0.2, 0.25) is 0 Å². The number of ether oxygens (including phenoxy) is 1. The lowest BCUT2D eigenvalue weighted by Crippen LogP contribution is -2.35. The minimum atomic E-state index is 0.143. The topological polar surface area (TPSA) is 21.3 Å². The molecule has 3 heteroatoms. The second-order valence-electron chi connectivity index (χ2n) is 6.83. The summed E-state index contributed by atoms with van der Waals surface area (Å²) in [6, 6.07) is 6.38. The Morgan fingerprint density at radius 3 is 2.55 bits per heavy atom. The van der Waals surface area contributed by atoms with E-state index in [1.165, 1.54) is 31.2 Å². The van der Waals surface area contributed by atoms with Crippen LogP contribution < -0.4 is 10.1 Å². The molecule has 0 saturated heterocycles. The van der Waals surface area contributed by atoms with Gasteiger partial charge in [0.15, 0.2) is 0 Å². The Bertz CT molecular complexity index is 433. The van der Waals surface area contributed by atoms with Gasteiger partial charge in [0.05, 0.1) is 11.1 Å². The van der Waals surface area contributed by atoms with Crippen LogP contribution in [0.1, 0.15) is 52.0 Å². The average molecular weight is 340 g/mol. The second-order valence-corrected chi connectivity index (χ2v) is 7.68. The normalized spacial score (nSPS) is 16.6. The van der Waals surface area contributed by atoms with Gasteiger partial charge in [0, 0.05) is 12.1 Å². The summed E-state index contributed by atoms with van der Waals surface area (Å²) in [5.41, 5.74) is 1.42. The minimum Gasteiger partial charge on any atom is -0.492 e. The Kier molecular flexibility index (Phi) is 5.50. The third-order valence-corrected chi connectivity index (χ3v) is 4.39. The van der Waals surface area contributed by atoms with Crippen molar-refractivity contribution in [3.05, 3.63) is 28.2 Å². The molecular formula is C17H26BrNO. The van der Waals surface area contributed by atoms with Gasteiger partial charge in [-0.1, -0.05) is 18.9 Å². The van der Waals surface area contributed by atoms with Crippen LogP contribution in [-0.4, -0.2) is 12.1 Å². The lowest BCUT2D eigenvalue weighted by Gasteiger charge is -2.21. The predicted molar refractivity (Wildman–Crippen MR) is 88.2 cm³/mol. The summed E-state index contributed by atoms with van der Waals surface area (Å²) in [5, 5.41) is 3.50. The number of rotatable bonds is 5. The number of halogens is 1. The van der Waals surface area contributed by atoms with E-state index in [9.17, 15) is 0 Å². The fourth-order valence-corrected chi connectivity index (χ4v) is 3.06. The summed E-state index contributed by atoms with van der Waals surface area (Å²) in [6.07, 6.45) is 5.38. The smallest absolute Gasteiger partial charge is 0.133 e. The highest BCUT2D eigenvalue weighted by Gasteiger charge is 2.16. The lowest BCUT2D eigenvalue weighted by molar-refractivity contribution is 0.250. The molecule has 2 rings (SSSR count). The molecule has 0 spiro atoms. The molecule has 1 fully saturated rings. The van der Waals surface area contributed by atoms with Gasteiger partial charge in [-0.25, -0.2) is 0 Å². The molecule has 0 heterocycles. The molecule has 112 valence electrons. The molecule has 0 amide bonds. The molecule has 2 nitrogen and oxygen atoms in total. The molecule has 0 aliphatic heterocycles. The van der Waals surface area contributed by atoms with Gasteiger partial charge in [0.25, 0.3) is 0 Å². The third-order valence-electron chi connectivity index (χ3n) is 3.77. The van der Waals surface area contributed by atoms with Gasteiger partial charge >= 0.3 is 0 Å². The van der Waals surface area contributed by atoms with Crippen LogP contribution in [0, 0.1) is 5.92 Å². The van der Waals surface area contributed by atoms with Crippen LogP contribution in [-0.2, 0) is 6.54 Å². The van der Waals surface area contributed by atoms with Gasteiger partial charge < -0.3 is 10.1 Å². The van der Waals surface area contributed by atoms with E-state index in [4.69, 9.17) is 4.74 Å². The largest absolute Gasteiger partial charge is 0.492 e. The van der Waals surface area contributed by atoms with E-state index >= 15 is 0 Å². The molecule has 0 bridgehead atoms. The van der Waals surface area contributed by atoms with Crippen LogP contribution in [0.3, 0.4) is 0 Å². The van der Waals surface area contributed by atoms with Crippen molar-refractivity contribution < 1.29 is 4.74 Å². The van der Waals surface area contributed by atoms with Crippen LogP contribution >= 0.6 is 15.9 Å².